The Morgan fingerprint density at radius 1 is 1.40 bits per heavy atom. The maximum atomic E-state index is 14.6. The molecule has 1 aliphatic rings. The number of guanidine groups is 1. The molecule has 0 amide bonds. The molecule has 10 heteroatoms. The van der Waals surface area contributed by atoms with Gasteiger partial charge >= 0.3 is 0 Å². The monoisotopic (exact) mass is 433 g/mol. The highest BCUT2D eigenvalue weighted by molar-refractivity contribution is 7.97. The number of rotatable bonds is 5. The van der Waals surface area contributed by atoms with Crippen molar-refractivity contribution >= 4 is 29.8 Å². The number of terminal acetylenes is 1. The summed E-state index contributed by atoms with van der Waals surface area (Å²) in [5.74, 6) is -0.0163. The molecule has 1 aromatic heterocycles. The van der Waals surface area contributed by atoms with Crippen molar-refractivity contribution in [2.24, 2.45) is 10.7 Å². The fourth-order valence-electron chi connectivity index (χ4n) is 2.72. The largest absolute Gasteiger partial charge is 0.463 e. The molecule has 0 saturated carbocycles. The van der Waals surface area contributed by atoms with Crippen LogP contribution in [-0.2, 0) is 5.54 Å². The first-order valence-electron chi connectivity index (χ1n) is 8.71. The molecule has 0 saturated heterocycles. The maximum Gasteiger partial charge on any atom is 0.233 e. The van der Waals surface area contributed by atoms with E-state index < -0.39 is 23.0 Å². The van der Waals surface area contributed by atoms with E-state index in [0.29, 0.717) is 5.75 Å². The molecule has 1 aromatic carbocycles. The Kier molecular flexibility index (Phi) is 6.22. The fraction of sp³-hybridized carbons (Fsp3) is 0.250. The van der Waals surface area contributed by atoms with Crippen LogP contribution in [0.25, 0.3) is 11.9 Å². The number of nitrogens with zero attached hydrogens (tertiary/aromatic N) is 4. The van der Waals surface area contributed by atoms with Gasteiger partial charge in [-0.3, -0.25) is 4.31 Å². The zero-order chi connectivity index (χ0) is 21.9. The highest BCUT2D eigenvalue weighted by atomic mass is 32.2. The third-order valence-corrected chi connectivity index (χ3v) is 5.59. The van der Waals surface area contributed by atoms with Gasteiger partial charge in [-0.05, 0) is 42.6 Å². The molecule has 156 valence electrons. The summed E-state index contributed by atoms with van der Waals surface area (Å²) >= 11 is 1.32. The number of hydrogen-bond donors (Lipinski definition) is 1. The lowest BCUT2D eigenvalue weighted by molar-refractivity contribution is 0.353. The van der Waals surface area contributed by atoms with Crippen LogP contribution in [0.15, 0.2) is 29.5 Å². The van der Waals surface area contributed by atoms with E-state index in [1.807, 2.05) is 0 Å². The number of aromatic nitrogens is 2. The molecule has 30 heavy (non-hydrogen) atoms. The van der Waals surface area contributed by atoms with E-state index in [2.05, 4.69) is 20.9 Å². The van der Waals surface area contributed by atoms with Crippen molar-refractivity contribution in [3.63, 3.8) is 0 Å². The van der Waals surface area contributed by atoms with Gasteiger partial charge < -0.3 is 10.5 Å². The summed E-state index contributed by atoms with van der Waals surface area (Å²) in [5, 5.41) is 0. The van der Waals surface area contributed by atoms with Gasteiger partial charge in [0.1, 0.15) is 11.2 Å². The number of hydrogen-bond acceptors (Lipinski definition) is 7. The van der Waals surface area contributed by atoms with Gasteiger partial charge in [-0.1, -0.05) is 5.92 Å². The minimum absolute atomic E-state index is 0.00379. The number of nitrogens with two attached hydrogens (primary N) is 1. The van der Waals surface area contributed by atoms with Crippen molar-refractivity contribution in [3.8, 4) is 18.2 Å². The van der Waals surface area contributed by atoms with Crippen LogP contribution in [0, 0.1) is 24.0 Å². The number of halogens is 3. The Hall–Kier alpha value is -3.19. The summed E-state index contributed by atoms with van der Waals surface area (Å²) in [7, 11) is 1.72. The van der Waals surface area contributed by atoms with Gasteiger partial charge in [0.15, 0.2) is 24.1 Å². The van der Waals surface area contributed by atoms with E-state index >= 15 is 0 Å². The lowest BCUT2D eigenvalue weighted by atomic mass is 9.92. The molecule has 0 unspecified atom stereocenters. The van der Waals surface area contributed by atoms with Gasteiger partial charge in [0.05, 0.1) is 12.4 Å². The average Bonchev–Trinajstić information content (AvgIpc) is 2.72. The molecule has 2 aromatic rings. The molecule has 2 N–H and O–H groups in total. The van der Waals surface area contributed by atoms with Crippen LogP contribution >= 0.6 is 11.9 Å². The molecule has 3 rings (SSSR count). The third-order valence-electron chi connectivity index (χ3n) is 4.32. The molecule has 6 nitrogen and oxygen atoms in total. The van der Waals surface area contributed by atoms with Crippen LogP contribution in [0.4, 0.5) is 13.2 Å². The standard InChI is InChI=1S/C20H18F3N5OS/c1-4-5-29-17-10-25-16(9-26-17)14(21)7-12-6-13(18(23)15(22)8-12)20(2)11-30-28(3)19(24)27-20/h1,6-10H,5,11H2,2-3H3,(H2,24,27)/b14-7-/t20-/m0/s1. The van der Waals surface area contributed by atoms with Crippen molar-refractivity contribution in [1.29, 1.82) is 0 Å². The van der Waals surface area contributed by atoms with Crippen molar-refractivity contribution < 1.29 is 17.9 Å². The van der Waals surface area contributed by atoms with E-state index in [1.165, 1.54) is 24.2 Å². The second-order valence-electron chi connectivity index (χ2n) is 6.60. The van der Waals surface area contributed by atoms with Crippen molar-refractivity contribution in [1.82, 2.24) is 14.3 Å². The van der Waals surface area contributed by atoms with Crippen LogP contribution in [0.2, 0.25) is 0 Å². The molecular weight excluding hydrogens is 415 g/mol. The molecule has 0 bridgehead atoms. The SMILES string of the molecule is C#CCOc1cnc(/C(F)=C/c2cc(F)c(F)c([C@]3(C)CSN(C)C(N)=N3)c2)cn1. The first-order chi connectivity index (χ1) is 14.2. The van der Waals surface area contributed by atoms with E-state index in [4.69, 9.17) is 16.9 Å². The average molecular weight is 433 g/mol. The molecule has 1 atom stereocenters. The summed E-state index contributed by atoms with van der Waals surface area (Å²) in [6.45, 7) is 1.64. The fourth-order valence-corrected chi connectivity index (χ4v) is 3.56. The third kappa shape index (κ3) is 4.52. The summed E-state index contributed by atoms with van der Waals surface area (Å²) in [4.78, 5) is 12.1. The highest BCUT2D eigenvalue weighted by Crippen LogP contribution is 2.37. The summed E-state index contributed by atoms with van der Waals surface area (Å²) in [6, 6.07) is 2.24. The van der Waals surface area contributed by atoms with Crippen LogP contribution in [0.5, 0.6) is 5.88 Å². The van der Waals surface area contributed by atoms with Gasteiger partial charge in [0.2, 0.25) is 11.8 Å². The zero-order valence-electron chi connectivity index (χ0n) is 16.2. The minimum atomic E-state index is -1.12. The number of ether oxygens (including phenoxy) is 1. The Balaban J connectivity index is 1.95. The predicted molar refractivity (Wildman–Crippen MR) is 111 cm³/mol. The second kappa shape index (κ2) is 8.67. The molecule has 0 radical (unpaired) electrons. The maximum absolute atomic E-state index is 14.6. The van der Waals surface area contributed by atoms with E-state index in [-0.39, 0.29) is 35.3 Å². The van der Waals surface area contributed by atoms with E-state index in [0.717, 1.165) is 18.3 Å². The summed E-state index contributed by atoms with van der Waals surface area (Å²) in [5.41, 5.74) is 4.73. The van der Waals surface area contributed by atoms with E-state index in [9.17, 15) is 13.2 Å². The number of benzene rings is 1. The topological polar surface area (TPSA) is 76.6 Å². The highest BCUT2D eigenvalue weighted by Gasteiger charge is 2.35. The Morgan fingerprint density at radius 3 is 2.80 bits per heavy atom. The van der Waals surface area contributed by atoms with Gasteiger partial charge in [-0.25, -0.2) is 28.1 Å². The second-order valence-corrected chi connectivity index (χ2v) is 7.70. The first-order valence-corrected chi connectivity index (χ1v) is 9.65. The normalized spacial score (nSPS) is 19.3. The first kappa shape index (κ1) is 21.5. The quantitative estimate of drug-likeness (QED) is 0.576. The lowest BCUT2D eigenvalue weighted by Crippen LogP contribution is -2.40. The van der Waals surface area contributed by atoms with Gasteiger partial charge in [-0.15, -0.1) is 6.42 Å². The molecule has 2 heterocycles. The van der Waals surface area contributed by atoms with Gasteiger partial charge in [-0.2, -0.15) is 0 Å². The van der Waals surface area contributed by atoms with Crippen LogP contribution < -0.4 is 10.5 Å². The van der Waals surface area contributed by atoms with Gasteiger partial charge in [0, 0.05) is 18.4 Å². The zero-order valence-corrected chi connectivity index (χ0v) is 17.0. The molecule has 0 spiro atoms. The number of aliphatic imine (C=N–C) groups is 1. The van der Waals surface area contributed by atoms with Crippen LogP contribution in [0.1, 0.15) is 23.7 Å². The smallest absolute Gasteiger partial charge is 0.233 e. The Bertz CT molecular complexity index is 1050. The lowest BCUT2D eigenvalue weighted by Gasteiger charge is -2.34. The van der Waals surface area contributed by atoms with Crippen molar-refractivity contribution in [2.45, 2.75) is 12.5 Å². The van der Waals surface area contributed by atoms with Crippen LogP contribution in [0.3, 0.4) is 0 Å². The molecule has 0 aliphatic carbocycles. The van der Waals surface area contributed by atoms with Crippen molar-refractivity contribution in [2.75, 3.05) is 19.4 Å². The minimum Gasteiger partial charge on any atom is -0.463 e. The van der Waals surface area contributed by atoms with Gasteiger partial charge in [0.25, 0.3) is 0 Å². The molecule has 1 aliphatic heterocycles. The Labute approximate surface area is 176 Å². The predicted octanol–water partition coefficient (Wildman–Crippen LogP) is 3.36. The van der Waals surface area contributed by atoms with E-state index in [1.54, 1.807) is 18.3 Å². The molecule has 0 fully saturated rings. The van der Waals surface area contributed by atoms with Crippen LogP contribution in [-0.4, -0.2) is 39.6 Å². The Morgan fingerprint density at radius 2 is 2.17 bits per heavy atom. The molecular formula is C20H18F3N5OS. The summed E-state index contributed by atoms with van der Waals surface area (Å²) in [6.07, 6.45) is 8.49. The summed E-state index contributed by atoms with van der Waals surface area (Å²) < 4.78 is 50.2. The van der Waals surface area contributed by atoms with Crippen molar-refractivity contribution in [3.05, 3.63) is 53.0 Å².